The standard InChI is InChI=1S/C21H23N7O4/c29-21(24-14-6-2-1-3-7-14)27-11-17-16(22-12-23-17)10-18(27)20-25-19(26-32-20)13-5-4-8-15(9-13)28(30)31/h4-5,8-9,12,14,18H,1-3,6-7,10-11H2,(H,22,23)(H,24,29)/t18-/m0/s1. The van der Waals surface area contributed by atoms with Crippen molar-refractivity contribution in [2.75, 3.05) is 0 Å². The van der Waals surface area contributed by atoms with Crippen LogP contribution in [0.2, 0.25) is 0 Å². The first-order chi connectivity index (χ1) is 15.6. The summed E-state index contributed by atoms with van der Waals surface area (Å²) < 4.78 is 5.53. The monoisotopic (exact) mass is 437 g/mol. The average molecular weight is 437 g/mol. The number of urea groups is 1. The number of nitro benzene ring substituents is 1. The van der Waals surface area contributed by atoms with Crippen LogP contribution in [0.15, 0.2) is 35.1 Å². The van der Waals surface area contributed by atoms with Crippen LogP contribution < -0.4 is 5.32 Å². The molecule has 2 aromatic heterocycles. The lowest BCUT2D eigenvalue weighted by Crippen LogP contribution is -2.48. The Kier molecular flexibility index (Phi) is 5.29. The predicted octanol–water partition coefficient (Wildman–Crippen LogP) is 3.51. The van der Waals surface area contributed by atoms with E-state index in [0.29, 0.717) is 18.5 Å². The minimum absolute atomic E-state index is 0.0545. The minimum Gasteiger partial charge on any atom is -0.347 e. The molecule has 11 heteroatoms. The summed E-state index contributed by atoms with van der Waals surface area (Å²) in [6.07, 6.45) is 7.47. The van der Waals surface area contributed by atoms with Crippen LogP contribution in [-0.2, 0) is 13.0 Å². The fourth-order valence-corrected chi connectivity index (χ4v) is 4.42. The molecule has 1 aliphatic carbocycles. The van der Waals surface area contributed by atoms with Gasteiger partial charge in [0.2, 0.25) is 11.7 Å². The molecule has 3 heterocycles. The number of aromatic nitrogens is 4. The molecular formula is C21H23N7O4. The summed E-state index contributed by atoms with van der Waals surface area (Å²) in [7, 11) is 0. The molecule has 11 nitrogen and oxygen atoms in total. The van der Waals surface area contributed by atoms with E-state index in [9.17, 15) is 14.9 Å². The van der Waals surface area contributed by atoms with Crippen LogP contribution in [0.1, 0.15) is 55.4 Å². The zero-order valence-electron chi connectivity index (χ0n) is 17.4. The first-order valence-electron chi connectivity index (χ1n) is 10.7. The Morgan fingerprint density at radius 1 is 1.28 bits per heavy atom. The van der Waals surface area contributed by atoms with Crippen LogP contribution in [0, 0.1) is 10.1 Å². The molecule has 2 amide bonds. The van der Waals surface area contributed by atoms with Crippen molar-refractivity contribution in [1.29, 1.82) is 0 Å². The number of hydrogen-bond donors (Lipinski definition) is 2. The van der Waals surface area contributed by atoms with Crippen LogP contribution in [0.3, 0.4) is 0 Å². The number of imidazole rings is 1. The molecule has 1 saturated carbocycles. The fourth-order valence-electron chi connectivity index (χ4n) is 4.42. The second-order valence-electron chi connectivity index (χ2n) is 8.22. The molecule has 5 rings (SSSR count). The topological polar surface area (TPSA) is 143 Å². The summed E-state index contributed by atoms with van der Waals surface area (Å²) in [5, 5.41) is 18.3. The number of nitro groups is 1. The lowest BCUT2D eigenvalue weighted by molar-refractivity contribution is -0.384. The van der Waals surface area contributed by atoms with E-state index in [4.69, 9.17) is 4.52 Å². The Hall–Kier alpha value is -3.76. The lowest BCUT2D eigenvalue weighted by Gasteiger charge is -2.34. The molecule has 166 valence electrons. The lowest BCUT2D eigenvalue weighted by atomic mass is 9.95. The molecule has 0 unspecified atom stereocenters. The molecule has 1 aliphatic heterocycles. The number of carbonyl (C=O) groups excluding carboxylic acids is 1. The molecular weight excluding hydrogens is 414 g/mol. The highest BCUT2D eigenvalue weighted by atomic mass is 16.6. The summed E-state index contributed by atoms with van der Waals surface area (Å²) in [4.78, 5) is 37.5. The third-order valence-electron chi connectivity index (χ3n) is 6.13. The molecule has 0 radical (unpaired) electrons. The van der Waals surface area contributed by atoms with Crippen LogP contribution >= 0.6 is 0 Å². The average Bonchev–Trinajstić information content (AvgIpc) is 3.48. The van der Waals surface area contributed by atoms with E-state index in [2.05, 4.69) is 25.4 Å². The minimum atomic E-state index is -0.477. The van der Waals surface area contributed by atoms with Crippen LogP contribution in [-0.4, -0.2) is 42.0 Å². The van der Waals surface area contributed by atoms with E-state index in [0.717, 1.165) is 37.1 Å². The van der Waals surface area contributed by atoms with Gasteiger partial charge >= 0.3 is 6.03 Å². The van der Waals surface area contributed by atoms with Crippen molar-refractivity contribution in [2.24, 2.45) is 0 Å². The maximum absolute atomic E-state index is 13.2. The molecule has 2 aliphatic rings. The number of H-pyrrole nitrogens is 1. The molecule has 1 fully saturated rings. The van der Waals surface area contributed by atoms with Crippen molar-refractivity contribution in [3.63, 3.8) is 0 Å². The number of carbonyl (C=O) groups is 1. The van der Waals surface area contributed by atoms with Gasteiger partial charge in [0.15, 0.2) is 0 Å². The van der Waals surface area contributed by atoms with Crippen molar-refractivity contribution >= 4 is 11.7 Å². The number of rotatable bonds is 4. The maximum atomic E-state index is 13.2. The van der Waals surface area contributed by atoms with Crippen LogP contribution in [0.4, 0.5) is 10.5 Å². The van der Waals surface area contributed by atoms with Crippen molar-refractivity contribution in [1.82, 2.24) is 30.3 Å². The SMILES string of the molecule is O=C(NC1CCCCC1)N1Cc2[nH]cnc2C[C@H]1c1nc(-c2cccc([N+](=O)[O-])c2)no1. The van der Waals surface area contributed by atoms with Gasteiger partial charge in [0.25, 0.3) is 5.69 Å². The zero-order chi connectivity index (χ0) is 22.1. The number of aromatic amines is 1. The Bertz CT molecular complexity index is 1130. The number of nitrogens with zero attached hydrogens (tertiary/aromatic N) is 5. The Balaban J connectivity index is 1.42. The van der Waals surface area contributed by atoms with E-state index < -0.39 is 11.0 Å². The normalized spacial score (nSPS) is 18.9. The van der Waals surface area contributed by atoms with Crippen molar-refractivity contribution in [3.05, 3.63) is 58.0 Å². The van der Waals surface area contributed by atoms with E-state index in [-0.39, 0.29) is 29.5 Å². The number of fused-ring (bicyclic) bond motifs is 1. The largest absolute Gasteiger partial charge is 0.347 e. The van der Waals surface area contributed by atoms with Gasteiger partial charge < -0.3 is 19.7 Å². The Labute approximate surface area is 183 Å². The maximum Gasteiger partial charge on any atom is 0.318 e. The van der Waals surface area contributed by atoms with Crippen molar-refractivity contribution in [2.45, 2.75) is 57.2 Å². The van der Waals surface area contributed by atoms with E-state index in [1.54, 1.807) is 23.4 Å². The first-order valence-corrected chi connectivity index (χ1v) is 10.7. The van der Waals surface area contributed by atoms with Gasteiger partial charge in [-0.25, -0.2) is 9.78 Å². The van der Waals surface area contributed by atoms with Gasteiger partial charge in [-0.1, -0.05) is 36.6 Å². The van der Waals surface area contributed by atoms with Crippen molar-refractivity contribution in [3.8, 4) is 11.4 Å². The second-order valence-corrected chi connectivity index (χ2v) is 8.22. The van der Waals surface area contributed by atoms with E-state index >= 15 is 0 Å². The second kappa shape index (κ2) is 8.40. The smallest absolute Gasteiger partial charge is 0.318 e. The van der Waals surface area contributed by atoms with Crippen molar-refractivity contribution < 1.29 is 14.2 Å². The molecule has 1 atom stereocenters. The summed E-state index contributed by atoms with van der Waals surface area (Å²) in [5.74, 6) is 0.517. The highest BCUT2D eigenvalue weighted by molar-refractivity contribution is 5.75. The summed E-state index contributed by atoms with van der Waals surface area (Å²) in [6, 6.07) is 5.58. The first kappa shape index (κ1) is 20.2. The number of hydrogen-bond acceptors (Lipinski definition) is 7. The predicted molar refractivity (Wildman–Crippen MR) is 112 cm³/mol. The van der Waals surface area contributed by atoms with Gasteiger partial charge in [-0.05, 0) is 12.8 Å². The molecule has 1 aromatic carbocycles. The molecule has 0 spiro atoms. The summed E-state index contributed by atoms with van der Waals surface area (Å²) in [6.45, 7) is 0.354. The molecule has 0 bridgehead atoms. The van der Waals surface area contributed by atoms with Gasteiger partial charge in [-0.15, -0.1) is 0 Å². The highest BCUT2D eigenvalue weighted by Crippen LogP contribution is 2.33. The summed E-state index contributed by atoms with van der Waals surface area (Å²) >= 11 is 0. The third kappa shape index (κ3) is 3.93. The van der Waals surface area contributed by atoms with Gasteiger partial charge in [0.05, 0.1) is 29.2 Å². The molecule has 0 saturated heterocycles. The molecule has 3 aromatic rings. The Morgan fingerprint density at radius 3 is 2.94 bits per heavy atom. The summed E-state index contributed by atoms with van der Waals surface area (Å²) in [5.41, 5.74) is 2.16. The Morgan fingerprint density at radius 2 is 2.12 bits per heavy atom. The fraction of sp³-hybridized carbons (Fsp3) is 0.429. The molecule has 2 N–H and O–H groups in total. The molecule has 32 heavy (non-hydrogen) atoms. The van der Waals surface area contributed by atoms with Gasteiger partial charge in [-0.3, -0.25) is 10.1 Å². The van der Waals surface area contributed by atoms with E-state index in [1.807, 2.05) is 0 Å². The quantitative estimate of drug-likeness (QED) is 0.469. The van der Waals surface area contributed by atoms with Gasteiger partial charge in [-0.2, -0.15) is 4.98 Å². The van der Waals surface area contributed by atoms with Crippen LogP contribution in [0.25, 0.3) is 11.4 Å². The third-order valence-corrected chi connectivity index (χ3v) is 6.13. The zero-order valence-corrected chi connectivity index (χ0v) is 17.4. The number of benzene rings is 1. The van der Waals surface area contributed by atoms with Gasteiger partial charge in [0, 0.05) is 30.2 Å². The van der Waals surface area contributed by atoms with E-state index in [1.165, 1.54) is 18.6 Å². The highest BCUT2D eigenvalue weighted by Gasteiger charge is 2.37. The van der Waals surface area contributed by atoms with Gasteiger partial charge in [0.1, 0.15) is 6.04 Å². The number of non-ortho nitro benzene ring substituents is 1. The number of amides is 2. The van der Waals surface area contributed by atoms with Crippen LogP contribution in [0.5, 0.6) is 0 Å². The number of nitrogens with one attached hydrogen (secondary N) is 2.